The molecular weight excluding hydrogens is 859 g/mol. The van der Waals surface area contributed by atoms with Gasteiger partial charge in [0.15, 0.2) is 5.82 Å². The number of rotatable bonds is 7. The molecule has 11 heteroatoms. The molecule has 342 valence electrons. The zero-order valence-corrected chi connectivity index (χ0v) is 36.9. The lowest BCUT2D eigenvalue weighted by atomic mass is 10.1. The SMILES string of the molecule is C.Cc1cccc(C)c1.Cc1cccc(C=O)c1.Fc1cccc2[nH]c(-c3cccc(OCc4ccccc4)c3)nc12.O=C(c1cccc(O)c1)n1c(-c2cccc(O)c2)nc2cccc(F)c21. The lowest BCUT2D eigenvalue weighted by Crippen LogP contribution is -2.14. The first kappa shape index (κ1) is 48.7. The first-order valence-corrected chi connectivity index (χ1v) is 21.2. The Morgan fingerprint density at radius 2 is 1.25 bits per heavy atom. The van der Waals surface area contributed by atoms with Gasteiger partial charge >= 0.3 is 0 Å². The van der Waals surface area contributed by atoms with Crippen LogP contribution in [0.2, 0.25) is 0 Å². The minimum absolute atomic E-state index is 0. The molecule has 0 saturated carbocycles. The number of aromatic amines is 1. The molecule has 0 unspecified atom stereocenters. The number of halogens is 2. The number of ether oxygens (including phenoxy) is 1. The van der Waals surface area contributed by atoms with Crippen LogP contribution < -0.4 is 4.74 Å². The standard InChI is InChI=1S/C20H13FN2O3.C20H15FN2O.C8H8O.C8H10.CH4/c21-16-8-3-9-17-18(16)23(20(26)13-5-2-7-15(25)11-13)19(22-17)12-4-1-6-14(24)10-12;21-17-10-5-11-18-19(17)23-20(22-18)15-8-4-9-16(12-15)24-13-14-6-2-1-3-7-14;1-7-3-2-4-8(5-7)6-9;1-7-4-3-5-8(2)6-7;/h1-11,24-25H;1-12H,13H2,(H,22,23);2-6H,1H3;3-6H,1-2H3;1H4. The maximum atomic E-state index is 14.5. The van der Waals surface area contributed by atoms with E-state index in [1.165, 1.54) is 65.7 Å². The maximum absolute atomic E-state index is 14.5. The largest absolute Gasteiger partial charge is 0.508 e. The van der Waals surface area contributed by atoms with E-state index in [1.807, 2.05) is 85.8 Å². The Labute approximate surface area is 393 Å². The van der Waals surface area contributed by atoms with E-state index in [0.717, 1.165) is 38.9 Å². The Kier molecular flexibility index (Phi) is 16.5. The van der Waals surface area contributed by atoms with Crippen molar-refractivity contribution in [2.24, 2.45) is 0 Å². The number of benzene rings is 8. The van der Waals surface area contributed by atoms with Crippen molar-refractivity contribution in [3.8, 4) is 40.0 Å². The average Bonchev–Trinajstić information content (AvgIpc) is 3.96. The second-order valence-corrected chi connectivity index (χ2v) is 15.5. The summed E-state index contributed by atoms with van der Waals surface area (Å²) in [6.45, 7) is 6.67. The van der Waals surface area contributed by atoms with Gasteiger partial charge in [0.25, 0.3) is 5.91 Å². The molecule has 0 fully saturated rings. The molecule has 10 rings (SSSR count). The Morgan fingerprint density at radius 1 is 0.632 bits per heavy atom. The fourth-order valence-corrected chi connectivity index (χ4v) is 7.05. The van der Waals surface area contributed by atoms with E-state index in [2.05, 4.69) is 53.1 Å². The number of nitrogens with one attached hydrogen (secondary N) is 1. The van der Waals surface area contributed by atoms with Crippen LogP contribution in [0.15, 0.2) is 188 Å². The Hall–Kier alpha value is -8.70. The number of aldehydes is 1. The zero-order valence-electron chi connectivity index (χ0n) is 36.9. The van der Waals surface area contributed by atoms with Crippen LogP contribution in [0.5, 0.6) is 17.2 Å². The van der Waals surface area contributed by atoms with Crippen molar-refractivity contribution in [1.29, 1.82) is 0 Å². The number of carbonyl (C=O) groups excluding carboxylic acids is 2. The molecule has 0 aliphatic carbocycles. The molecule has 0 bridgehead atoms. The van der Waals surface area contributed by atoms with Crippen molar-refractivity contribution in [3.05, 3.63) is 233 Å². The van der Waals surface area contributed by atoms with Crippen LogP contribution in [0.4, 0.5) is 8.78 Å². The van der Waals surface area contributed by atoms with Gasteiger partial charge in [0, 0.05) is 22.3 Å². The molecule has 0 saturated heterocycles. The van der Waals surface area contributed by atoms with Gasteiger partial charge in [-0.25, -0.2) is 18.7 Å². The topological polar surface area (TPSA) is 130 Å². The highest BCUT2D eigenvalue weighted by atomic mass is 19.1. The predicted molar refractivity (Wildman–Crippen MR) is 266 cm³/mol. The fraction of sp³-hybridized carbons (Fsp3) is 0.0877. The van der Waals surface area contributed by atoms with Gasteiger partial charge in [-0.05, 0) is 99.1 Å². The minimum atomic E-state index is -0.588. The third kappa shape index (κ3) is 12.5. The van der Waals surface area contributed by atoms with E-state index in [9.17, 15) is 28.6 Å². The number of hydrogen-bond donors (Lipinski definition) is 3. The minimum Gasteiger partial charge on any atom is -0.508 e. The first-order valence-electron chi connectivity index (χ1n) is 21.2. The average molecular weight is 909 g/mol. The van der Waals surface area contributed by atoms with Crippen LogP contribution >= 0.6 is 0 Å². The molecule has 0 spiro atoms. The molecule has 8 aromatic carbocycles. The third-order valence-corrected chi connectivity index (χ3v) is 10.2. The highest BCUT2D eigenvalue weighted by Crippen LogP contribution is 2.30. The summed E-state index contributed by atoms with van der Waals surface area (Å²) in [5, 5.41) is 19.4. The van der Waals surface area contributed by atoms with Crippen LogP contribution in [0.3, 0.4) is 0 Å². The molecule has 3 N–H and O–H groups in total. The van der Waals surface area contributed by atoms with Crippen LogP contribution in [-0.4, -0.2) is 41.9 Å². The number of hydrogen-bond acceptors (Lipinski definition) is 7. The first-order chi connectivity index (χ1) is 32.4. The van der Waals surface area contributed by atoms with Crippen molar-refractivity contribution >= 4 is 34.3 Å². The number of H-pyrrole nitrogens is 1. The number of aromatic nitrogens is 4. The lowest BCUT2D eigenvalue weighted by molar-refractivity contribution is 0.0964. The summed E-state index contributed by atoms with van der Waals surface area (Å²) in [6.07, 6.45) is 0.854. The number of nitrogens with zero attached hydrogens (tertiary/aromatic N) is 3. The number of aryl methyl sites for hydroxylation is 3. The Bertz CT molecular complexity index is 3280. The van der Waals surface area contributed by atoms with E-state index in [0.29, 0.717) is 34.5 Å². The van der Waals surface area contributed by atoms with Crippen LogP contribution in [0.25, 0.3) is 44.8 Å². The summed E-state index contributed by atoms with van der Waals surface area (Å²) in [7, 11) is 0. The number of para-hydroxylation sites is 2. The normalized spacial score (nSPS) is 10.3. The maximum Gasteiger partial charge on any atom is 0.264 e. The number of fused-ring (bicyclic) bond motifs is 2. The number of phenolic OH excluding ortho intramolecular Hbond substituents is 2. The van der Waals surface area contributed by atoms with Gasteiger partial charge in [0.05, 0.1) is 11.0 Å². The van der Waals surface area contributed by atoms with E-state index in [1.54, 1.807) is 30.3 Å². The molecule has 10 aromatic rings. The van der Waals surface area contributed by atoms with Crippen LogP contribution in [-0.2, 0) is 6.61 Å². The lowest BCUT2D eigenvalue weighted by Gasteiger charge is -2.09. The number of aromatic hydroxyl groups is 2. The highest BCUT2D eigenvalue weighted by molar-refractivity contribution is 6.04. The highest BCUT2D eigenvalue weighted by Gasteiger charge is 2.22. The van der Waals surface area contributed by atoms with Gasteiger partial charge in [-0.2, -0.15) is 0 Å². The van der Waals surface area contributed by atoms with Crippen molar-refractivity contribution in [3.63, 3.8) is 0 Å². The molecular formula is C57H50F2N4O5. The summed E-state index contributed by atoms with van der Waals surface area (Å²) >= 11 is 0. The quantitative estimate of drug-likeness (QED) is 0.136. The zero-order chi connectivity index (χ0) is 47.3. The summed E-state index contributed by atoms with van der Waals surface area (Å²) in [6, 6.07) is 54.8. The van der Waals surface area contributed by atoms with Crippen LogP contribution in [0, 0.1) is 32.4 Å². The number of carbonyl (C=O) groups is 2. The van der Waals surface area contributed by atoms with Crippen molar-refractivity contribution in [1.82, 2.24) is 19.5 Å². The second-order valence-electron chi connectivity index (χ2n) is 15.5. The number of imidazole rings is 2. The summed E-state index contributed by atoms with van der Waals surface area (Å²) in [4.78, 5) is 35.1. The molecule has 68 heavy (non-hydrogen) atoms. The van der Waals surface area contributed by atoms with E-state index >= 15 is 0 Å². The second kappa shape index (κ2) is 23.0. The summed E-state index contributed by atoms with van der Waals surface area (Å²) in [5.74, 6) is 0.0612. The van der Waals surface area contributed by atoms with E-state index in [-0.39, 0.29) is 41.6 Å². The molecule has 2 aromatic heterocycles. The fourth-order valence-electron chi connectivity index (χ4n) is 7.05. The van der Waals surface area contributed by atoms with Gasteiger partial charge in [-0.1, -0.05) is 139 Å². The molecule has 2 heterocycles. The molecule has 0 aliphatic rings. The Balaban J connectivity index is 0.000000166. The molecule has 0 atom stereocenters. The van der Waals surface area contributed by atoms with Gasteiger partial charge in [-0.3, -0.25) is 14.2 Å². The molecule has 0 radical (unpaired) electrons. The van der Waals surface area contributed by atoms with Gasteiger partial charge in [0.2, 0.25) is 0 Å². The van der Waals surface area contributed by atoms with E-state index in [4.69, 9.17) is 4.74 Å². The summed E-state index contributed by atoms with van der Waals surface area (Å²) in [5.41, 5.74) is 8.55. The molecule has 0 amide bonds. The monoisotopic (exact) mass is 908 g/mol. The van der Waals surface area contributed by atoms with Crippen molar-refractivity contribution in [2.45, 2.75) is 34.8 Å². The number of phenols is 2. The van der Waals surface area contributed by atoms with Gasteiger partial charge in [-0.15, -0.1) is 0 Å². The molecule has 9 nitrogen and oxygen atoms in total. The Morgan fingerprint density at radius 3 is 1.90 bits per heavy atom. The predicted octanol–water partition coefficient (Wildman–Crippen LogP) is 13.6. The third-order valence-electron chi connectivity index (χ3n) is 10.2. The van der Waals surface area contributed by atoms with Gasteiger partial charge < -0.3 is 19.9 Å². The van der Waals surface area contributed by atoms with E-state index < -0.39 is 11.7 Å². The van der Waals surface area contributed by atoms with Crippen molar-refractivity contribution in [2.75, 3.05) is 0 Å². The summed E-state index contributed by atoms with van der Waals surface area (Å²) < 4.78 is 35.3. The van der Waals surface area contributed by atoms with Crippen LogP contribution in [0.1, 0.15) is 50.4 Å². The molecule has 0 aliphatic heterocycles. The smallest absolute Gasteiger partial charge is 0.264 e. The van der Waals surface area contributed by atoms with Gasteiger partial charge in [0.1, 0.15) is 58.6 Å². The van der Waals surface area contributed by atoms with Crippen molar-refractivity contribution < 1.29 is 33.3 Å².